The molecule has 0 aliphatic carbocycles. The van der Waals surface area contributed by atoms with Crippen LogP contribution in [0.15, 0.2) is 29.3 Å². The molecule has 3 rings (SSSR count). The lowest BCUT2D eigenvalue weighted by Gasteiger charge is -2.25. The van der Waals surface area contributed by atoms with E-state index in [9.17, 15) is 18.0 Å². The summed E-state index contributed by atoms with van der Waals surface area (Å²) in [6.07, 6.45) is -0.559. The molecule has 2 atom stereocenters. The minimum atomic E-state index is -3.12. The SMILES string of the molecule is CC(C)c1ccc(N2C(=NC(=O)CCNC(=O)OC(C)(C)C)SC3CS(=O)(=O)CC32)cc1. The number of nitrogens with one attached hydrogen (secondary N) is 1. The van der Waals surface area contributed by atoms with Crippen molar-refractivity contribution in [3.63, 3.8) is 0 Å². The summed E-state index contributed by atoms with van der Waals surface area (Å²) in [5.74, 6) is 0.124. The Hall–Kier alpha value is -2.07. The summed E-state index contributed by atoms with van der Waals surface area (Å²) in [5, 5.41) is 2.91. The number of aliphatic imine (C=N–C) groups is 1. The largest absolute Gasteiger partial charge is 0.444 e. The van der Waals surface area contributed by atoms with Gasteiger partial charge in [-0.3, -0.25) is 4.79 Å². The molecule has 0 spiro atoms. The fourth-order valence-electron chi connectivity index (χ4n) is 3.63. The summed E-state index contributed by atoms with van der Waals surface area (Å²) < 4.78 is 29.6. The minimum absolute atomic E-state index is 0.0249. The third kappa shape index (κ3) is 6.25. The van der Waals surface area contributed by atoms with Gasteiger partial charge in [-0.25, -0.2) is 13.2 Å². The van der Waals surface area contributed by atoms with Crippen molar-refractivity contribution in [2.24, 2.45) is 4.99 Å². The van der Waals surface area contributed by atoms with Crippen LogP contribution in [0.4, 0.5) is 10.5 Å². The third-order valence-corrected chi connectivity index (χ3v) is 8.34. The Bertz CT molecular complexity index is 997. The molecular formula is C22H31N3O5S2. The van der Waals surface area contributed by atoms with Crippen LogP contribution in [0, 0.1) is 0 Å². The molecule has 0 saturated carbocycles. The highest BCUT2D eigenvalue weighted by Crippen LogP contribution is 2.41. The summed E-state index contributed by atoms with van der Waals surface area (Å²) in [5.41, 5.74) is 1.39. The number of fused-ring (bicyclic) bond motifs is 1. The smallest absolute Gasteiger partial charge is 0.407 e. The number of benzene rings is 1. The van der Waals surface area contributed by atoms with E-state index in [1.165, 1.54) is 17.3 Å². The lowest BCUT2D eigenvalue weighted by atomic mass is 10.0. The summed E-state index contributed by atoms with van der Waals surface area (Å²) in [7, 11) is -3.12. The summed E-state index contributed by atoms with van der Waals surface area (Å²) in [6, 6.07) is 7.69. The van der Waals surface area contributed by atoms with Gasteiger partial charge in [-0.1, -0.05) is 37.7 Å². The topological polar surface area (TPSA) is 105 Å². The van der Waals surface area contributed by atoms with Crippen LogP contribution in [-0.4, -0.2) is 60.5 Å². The molecule has 176 valence electrons. The molecule has 0 aromatic heterocycles. The van der Waals surface area contributed by atoms with E-state index in [4.69, 9.17) is 4.74 Å². The number of rotatable bonds is 5. The maximum atomic E-state index is 12.5. The zero-order valence-corrected chi connectivity index (χ0v) is 20.8. The molecule has 2 aliphatic heterocycles. The number of ether oxygens (including phenoxy) is 1. The van der Waals surface area contributed by atoms with E-state index in [0.717, 1.165) is 5.69 Å². The molecule has 8 nitrogen and oxygen atoms in total. The van der Waals surface area contributed by atoms with E-state index in [2.05, 4.69) is 24.2 Å². The first-order chi connectivity index (χ1) is 14.8. The van der Waals surface area contributed by atoms with Gasteiger partial charge in [0.2, 0.25) is 5.91 Å². The third-order valence-electron chi connectivity index (χ3n) is 5.13. The van der Waals surface area contributed by atoms with Crippen LogP contribution in [0.5, 0.6) is 0 Å². The van der Waals surface area contributed by atoms with E-state index in [1.807, 2.05) is 29.2 Å². The number of carbonyl (C=O) groups is 2. The van der Waals surface area contributed by atoms with Gasteiger partial charge in [0.15, 0.2) is 15.0 Å². The van der Waals surface area contributed by atoms with Crippen molar-refractivity contribution in [2.45, 2.75) is 63.9 Å². The molecule has 2 fully saturated rings. The van der Waals surface area contributed by atoms with Crippen molar-refractivity contribution in [3.05, 3.63) is 29.8 Å². The van der Waals surface area contributed by atoms with Crippen LogP contribution in [0.1, 0.15) is 52.5 Å². The van der Waals surface area contributed by atoms with Gasteiger partial charge in [-0.15, -0.1) is 0 Å². The number of amidine groups is 1. The second kappa shape index (κ2) is 9.43. The van der Waals surface area contributed by atoms with Crippen molar-refractivity contribution in [1.82, 2.24) is 5.32 Å². The molecule has 2 aliphatic rings. The average Bonchev–Trinajstić information content (AvgIpc) is 3.10. The highest BCUT2D eigenvalue weighted by atomic mass is 32.2. The van der Waals surface area contributed by atoms with Gasteiger partial charge >= 0.3 is 6.09 Å². The maximum absolute atomic E-state index is 12.5. The quantitative estimate of drug-likeness (QED) is 0.688. The molecular weight excluding hydrogens is 450 g/mol. The van der Waals surface area contributed by atoms with Crippen molar-refractivity contribution in [1.29, 1.82) is 0 Å². The number of nitrogens with zero attached hydrogens (tertiary/aromatic N) is 2. The van der Waals surface area contributed by atoms with Gasteiger partial charge in [-0.2, -0.15) is 4.99 Å². The van der Waals surface area contributed by atoms with E-state index in [0.29, 0.717) is 11.1 Å². The summed E-state index contributed by atoms with van der Waals surface area (Å²) >= 11 is 1.34. The number of sulfone groups is 1. The Morgan fingerprint density at radius 1 is 1.22 bits per heavy atom. The van der Waals surface area contributed by atoms with Gasteiger partial charge in [-0.05, 0) is 44.4 Å². The standard InChI is InChI=1S/C22H31N3O5S2/c1-14(2)15-6-8-16(9-7-15)25-17-12-32(28,29)13-18(17)31-20(25)24-19(26)10-11-23-21(27)30-22(3,4)5/h6-9,14,17-18H,10-13H2,1-5H3,(H,23,27). The number of hydrogen-bond acceptors (Lipinski definition) is 6. The van der Waals surface area contributed by atoms with Crippen molar-refractivity contribution >= 4 is 44.5 Å². The molecule has 0 bridgehead atoms. The molecule has 1 N–H and O–H groups in total. The Morgan fingerprint density at radius 2 is 1.88 bits per heavy atom. The molecule has 0 radical (unpaired) electrons. The number of hydrogen-bond donors (Lipinski definition) is 1. The first-order valence-corrected chi connectivity index (χ1v) is 13.4. The zero-order chi connectivity index (χ0) is 23.7. The molecule has 2 unspecified atom stereocenters. The van der Waals surface area contributed by atoms with Crippen LogP contribution < -0.4 is 10.2 Å². The first-order valence-electron chi connectivity index (χ1n) is 10.7. The molecule has 2 heterocycles. The minimum Gasteiger partial charge on any atom is -0.444 e. The van der Waals surface area contributed by atoms with Gasteiger partial charge in [0.1, 0.15) is 5.60 Å². The number of amides is 2. The second-order valence-electron chi connectivity index (χ2n) is 9.38. The van der Waals surface area contributed by atoms with Gasteiger partial charge in [0, 0.05) is 23.9 Å². The summed E-state index contributed by atoms with van der Waals surface area (Å²) in [6.45, 7) is 9.62. The predicted molar refractivity (Wildman–Crippen MR) is 128 cm³/mol. The Kier molecular flexibility index (Phi) is 7.24. The van der Waals surface area contributed by atoms with Crippen molar-refractivity contribution in [2.75, 3.05) is 23.0 Å². The number of thioether (sulfide) groups is 1. The fourth-order valence-corrected chi connectivity index (χ4v) is 7.57. The van der Waals surface area contributed by atoms with Crippen molar-refractivity contribution < 1.29 is 22.7 Å². The highest BCUT2D eigenvalue weighted by Gasteiger charge is 2.49. The zero-order valence-electron chi connectivity index (χ0n) is 19.1. The highest BCUT2D eigenvalue weighted by molar-refractivity contribution is 8.16. The van der Waals surface area contributed by atoms with Gasteiger partial charge < -0.3 is 15.0 Å². The molecule has 32 heavy (non-hydrogen) atoms. The van der Waals surface area contributed by atoms with E-state index in [-0.39, 0.29) is 41.7 Å². The molecule has 2 amide bonds. The monoisotopic (exact) mass is 481 g/mol. The van der Waals surface area contributed by atoms with Crippen LogP contribution in [-0.2, 0) is 19.4 Å². The van der Waals surface area contributed by atoms with Gasteiger partial charge in [0.05, 0.1) is 17.5 Å². The first kappa shape index (κ1) is 24.6. The lowest BCUT2D eigenvalue weighted by molar-refractivity contribution is -0.117. The second-order valence-corrected chi connectivity index (χ2v) is 12.7. The Labute approximate surface area is 194 Å². The summed E-state index contributed by atoms with van der Waals surface area (Å²) in [4.78, 5) is 30.4. The van der Waals surface area contributed by atoms with Crippen LogP contribution >= 0.6 is 11.8 Å². The molecule has 10 heteroatoms. The number of carbonyl (C=O) groups excluding carboxylic acids is 2. The van der Waals surface area contributed by atoms with Crippen LogP contribution in [0.2, 0.25) is 0 Å². The molecule has 1 aromatic carbocycles. The molecule has 1 aromatic rings. The van der Waals surface area contributed by atoms with Crippen molar-refractivity contribution in [3.8, 4) is 0 Å². The van der Waals surface area contributed by atoms with Crippen LogP contribution in [0.25, 0.3) is 0 Å². The maximum Gasteiger partial charge on any atom is 0.407 e. The van der Waals surface area contributed by atoms with E-state index in [1.54, 1.807) is 20.8 Å². The molecule has 2 saturated heterocycles. The Balaban J connectivity index is 1.73. The van der Waals surface area contributed by atoms with E-state index >= 15 is 0 Å². The number of alkyl carbamates (subject to hydrolysis) is 1. The predicted octanol–water partition coefficient (Wildman–Crippen LogP) is 3.33. The van der Waals surface area contributed by atoms with E-state index < -0.39 is 21.5 Å². The number of anilines is 1. The van der Waals surface area contributed by atoms with Crippen LogP contribution in [0.3, 0.4) is 0 Å². The normalized spacial score (nSPS) is 23.4. The average molecular weight is 482 g/mol. The fraction of sp³-hybridized carbons (Fsp3) is 0.591. The lowest BCUT2D eigenvalue weighted by Crippen LogP contribution is -2.37. The van der Waals surface area contributed by atoms with Gasteiger partial charge in [0.25, 0.3) is 0 Å². The Morgan fingerprint density at radius 3 is 2.47 bits per heavy atom.